The van der Waals surface area contributed by atoms with Crippen molar-refractivity contribution in [3.63, 3.8) is 0 Å². The number of amides is 2. The molecule has 0 spiro atoms. The van der Waals surface area contributed by atoms with Gasteiger partial charge in [0.15, 0.2) is 0 Å². The number of rotatable bonds is 3. The maximum Gasteiger partial charge on any atom is 0.253 e. The fourth-order valence-corrected chi connectivity index (χ4v) is 2.57. The number of hydrogen-bond acceptors (Lipinski definition) is 2. The van der Waals surface area contributed by atoms with Crippen molar-refractivity contribution in [1.82, 2.24) is 10.2 Å². The van der Waals surface area contributed by atoms with Crippen LogP contribution in [0.1, 0.15) is 32.8 Å². The molecule has 2 rings (SSSR count). The molecule has 1 aromatic carbocycles. The summed E-state index contributed by atoms with van der Waals surface area (Å²) in [6.45, 7) is 5.74. The van der Waals surface area contributed by atoms with Gasteiger partial charge in [0.05, 0.1) is 0 Å². The topological polar surface area (TPSA) is 49.4 Å². The molecule has 1 saturated heterocycles. The predicted molar refractivity (Wildman–Crippen MR) is 81.2 cm³/mol. The van der Waals surface area contributed by atoms with Crippen LogP contribution in [0.3, 0.4) is 0 Å². The van der Waals surface area contributed by atoms with Gasteiger partial charge in [-0.1, -0.05) is 30.3 Å². The number of piperazine rings is 1. The maximum atomic E-state index is 12.9. The highest BCUT2D eigenvalue weighted by Gasteiger charge is 2.47. The molecule has 1 aromatic rings. The van der Waals surface area contributed by atoms with Gasteiger partial charge in [0, 0.05) is 13.0 Å². The molecule has 1 heterocycles. The zero-order valence-electron chi connectivity index (χ0n) is 12.6. The minimum absolute atomic E-state index is 0.0845. The van der Waals surface area contributed by atoms with E-state index in [1.807, 2.05) is 30.3 Å². The Morgan fingerprint density at radius 1 is 1.29 bits per heavy atom. The number of nitrogens with zero attached hydrogens (tertiary/aromatic N) is 1. The van der Waals surface area contributed by atoms with Crippen molar-refractivity contribution in [3.05, 3.63) is 35.9 Å². The van der Waals surface area contributed by atoms with Gasteiger partial charge < -0.3 is 10.2 Å². The molecule has 110 valence electrons. The summed E-state index contributed by atoms with van der Waals surface area (Å²) in [5, 5.41) is 2.86. The van der Waals surface area contributed by atoms with E-state index >= 15 is 0 Å². The molecule has 2 unspecified atom stereocenters. The zero-order chi connectivity index (χ0) is 15.5. The highest BCUT2D eigenvalue weighted by atomic mass is 16.2. The van der Waals surface area contributed by atoms with Crippen molar-refractivity contribution in [1.29, 1.82) is 0 Å². The van der Waals surface area contributed by atoms with Crippen LogP contribution in [0.15, 0.2) is 30.3 Å². The normalized spacial score (nSPS) is 25.1. The lowest BCUT2D eigenvalue weighted by Crippen LogP contribution is -2.66. The Kier molecular flexibility index (Phi) is 4.32. The lowest BCUT2D eigenvalue weighted by molar-refractivity contribution is -0.154. The Morgan fingerprint density at radius 3 is 2.57 bits per heavy atom. The van der Waals surface area contributed by atoms with Crippen LogP contribution >= 0.6 is 0 Å². The van der Waals surface area contributed by atoms with E-state index in [1.54, 1.807) is 25.7 Å². The lowest BCUT2D eigenvalue weighted by Gasteiger charge is -2.43. The van der Waals surface area contributed by atoms with Gasteiger partial charge in [-0.05, 0) is 26.3 Å². The van der Waals surface area contributed by atoms with Crippen LogP contribution in [0.5, 0.6) is 0 Å². The number of hydrogen-bond donors (Lipinski definition) is 1. The first-order chi connectivity index (χ1) is 10.0. The first-order valence-corrected chi connectivity index (χ1v) is 7.09. The Labute approximate surface area is 125 Å². The van der Waals surface area contributed by atoms with Gasteiger partial charge in [-0.25, -0.2) is 0 Å². The van der Waals surface area contributed by atoms with Crippen LogP contribution in [0, 0.1) is 11.8 Å². The third-order valence-electron chi connectivity index (χ3n) is 3.91. The van der Waals surface area contributed by atoms with Crippen LogP contribution in [0.2, 0.25) is 0 Å². The van der Waals surface area contributed by atoms with Gasteiger partial charge >= 0.3 is 0 Å². The molecule has 1 aliphatic rings. The Bertz CT molecular complexity index is 600. The molecular formula is C17H20N2O2. The van der Waals surface area contributed by atoms with E-state index in [9.17, 15) is 9.59 Å². The Morgan fingerprint density at radius 2 is 1.95 bits per heavy atom. The third kappa shape index (κ3) is 2.78. The van der Waals surface area contributed by atoms with Gasteiger partial charge in [-0.3, -0.25) is 9.59 Å². The molecule has 0 aromatic heterocycles. The minimum Gasteiger partial charge on any atom is -0.336 e. The summed E-state index contributed by atoms with van der Waals surface area (Å²) in [5.41, 5.74) is -0.216. The van der Waals surface area contributed by atoms with Crippen molar-refractivity contribution >= 4 is 11.8 Å². The molecule has 0 radical (unpaired) electrons. The largest absolute Gasteiger partial charge is 0.336 e. The van der Waals surface area contributed by atoms with Crippen molar-refractivity contribution in [2.24, 2.45) is 0 Å². The molecule has 2 amide bonds. The number of carbonyl (C=O) groups is 2. The summed E-state index contributed by atoms with van der Waals surface area (Å²) in [6.07, 6.45) is 0.574. The molecule has 4 nitrogen and oxygen atoms in total. The van der Waals surface area contributed by atoms with E-state index in [-0.39, 0.29) is 11.8 Å². The number of carbonyl (C=O) groups excluding carboxylic acids is 2. The summed E-state index contributed by atoms with van der Waals surface area (Å²) < 4.78 is 0. The summed E-state index contributed by atoms with van der Waals surface area (Å²) in [4.78, 5) is 26.7. The van der Waals surface area contributed by atoms with Crippen molar-refractivity contribution < 1.29 is 9.59 Å². The standard InChI is InChI=1S/C17H20N2O2/c1-4-5-9-12-19-13(2)15(20)18-17(3,16(19)21)14-10-7-6-8-11-14/h6-8,10-11,13H,9,12H2,1-3H3,(H,18,20). The molecular weight excluding hydrogens is 264 g/mol. The fraction of sp³-hybridized carbons (Fsp3) is 0.412. The summed E-state index contributed by atoms with van der Waals surface area (Å²) in [7, 11) is 0. The smallest absolute Gasteiger partial charge is 0.253 e. The quantitative estimate of drug-likeness (QED) is 0.858. The summed E-state index contributed by atoms with van der Waals surface area (Å²) >= 11 is 0. The lowest BCUT2D eigenvalue weighted by atomic mass is 9.87. The van der Waals surface area contributed by atoms with Gasteiger partial charge in [-0.2, -0.15) is 0 Å². The highest BCUT2D eigenvalue weighted by molar-refractivity contribution is 6.00. The molecule has 0 saturated carbocycles. The van der Waals surface area contributed by atoms with E-state index in [2.05, 4.69) is 17.2 Å². The molecule has 0 bridgehead atoms. The summed E-state index contributed by atoms with van der Waals surface area (Å²) in [6, 6.07) is 8.87. The average Bonchev–Trinajstić information content (AvgIpc) is 2.50. The second-order valence-electron chi connectivity index (χ2n) is 5.33. The number of benzene rings is 1. The van der Waals surface area contributed by atoms with Crippen molar-refractivity contribution in [2.75, 3.05) is 6.54 Å². The molecule has 4 heteroatoms. The monoisotopic (exact) mass is 284 g/mol. The Hall–Kier alpha value is -2.28. The second kappa shape index (κ2) is 6.01. The molecule has 1 N–H and O–H groups in total. The first-order valence-electron chi connectivity index (χ1n) is 7.09. The van der Waals surface area contributed by atoms with Gasteiger partial charge in [0.25, 0.3) is 5.91 Å². The van der Waals surface area contributed by atoms with E-state index < -0.39 is 11.6 Å². The molecule has 1 aliphatic heterocycles. The predicted octanol–water partition coefficient (Wildman–Crippen LogP) is 1.66. The zero-order valence-corrected chi connectivity index (χ0v) is 12.6. The second-order valence-corrected chi connectivity index (χ2v) is 5.33. The van der Waals surface area contributed by atoms with Crippen molar-refractivity contribution in [3.8, 4) is 11.8 Å². The molecule has 2 atom stereocenters. The maximum absolute atomic E-state index is 12.9. The van der Waals surface area contributed by atoms with E-state index in [1.165, 1.54) is 0 Å². The first kappa shape index (κ1) is 15.1. The van der Waals surface area contributed by atoms with Crippen LogP contribution in [-0.4, -0.2) is 29.3 Å². The highest BCUT2D eigenvalue weighted by Crippen LogP contribution is 2.28. The van der Waals surface area contributed by atoms with Crippen molar-refractivity contribution in [2.45, 2.75) is 38.8 Å². The van der Waals surface area contributed by atoms with Crippen LogP contribution in [0.4, 0.5) is 0 Å². The Balaban J connectivity index is 2.33. The average molecular weight is 284 g/mol. The van der Waals surface area contributed by atoms with E-state index in [0.29, 0.717) is 13.0 Å². The molecule has 0 aliphatic carbocycles. The van der Waals surface area contributed by atoms with Crippen LogP contribution in [-0.2, 0) is 15.1 Å². The molecule has 21 heavy (non-hydrogen) atoms. The van der Waals surface area contributed by atoms with Gasteiger partial charge in [0.1, 0.15) is 11.6 Å². The third-order valence-corrected chi connectivity index (χ3v) is 3.91. The minimum atomic E-state index is -1.01. The SMILES string of the molecule is CC#CCCN1C(=O)C(C)(c2ccccc2)NC(=O)C1C. The summed E-state index contributed by atoms with van der Waals surface area (Å²) in [5.74, 6) is 5.54. The van der Waals surface area contributed by atoms with E-state index in [4.69, 9.17) is 0 Å². The fourth-order valence-electron chi connectivity index (χ4n) is 2.57. The molecule has 1 fully saturated rings. The van der Waals surface area contributed by atoms with Crippen LogP contribution < -0.4 is 5.32 Å². The van der Waals surface area contributed by atoms with Gasteiger partial charge in [0.2, 0.25) is 5.91 Å². The van der Waals surface area contributed by atoms with Crippen LogP contribution in [0.25, 0.3) is 0 Å². The number of nitrogens with one attached hydrogen (secondary N) is 1. The van der Waals surface area contributed by atoms with Gasteiger partial charge in [-0.15, -0.1) is 11.8 Å². The van der Waals surface area contributed by atoms with E-state index in [0.717, 1.165) is 5.56 Å².